The van der Waals surface area contributed by atoms with E-state index in [0.717, 1.165) is 4.90 Å². The monoisotopic (exact) mass is 198 g/mol. The Morgan fingerprint density at radius 1 is 1.57 bits per heavy atom. The summed E-state index contributed by atoms with van der Waals surface area (Å²) in [6.07, 6.45) is 1.87. The van der Waals surface area contributed by atoms with Crippen molar-refractivity contribution in [3.8, 4) is 0 Å². The van der Waals surface area contributed by atoms with Crippen molar-refractivity contribution in [1.29, 1.82) is 0 Å². The molecule has 1 saturated heterocycles. The molecular formula is C9H14N2O3. The quantitative estimate of drug-likeness (QED) is 0.631. The van der Waals surface area contributed by atoms with Crippen molar-refractivity contribution in [3.63, 3.8) is 0 Å². The number of likely N-dealkylation sites (tertiary alicyclic amines) is 1. The van der Waals surface area contributed by atoms with Gasteiger partial charge in [-0.2, -0.15) is 0 Å². The molecule has 1 aliphatic rings. The first-order valence-electron chi connectivity index (χ1n) is 4.44. The van der Waals surface area contributed by atoms with Gasteiger partial charge >= 0.3 is 6.09 Å². The molecule has 1 rings (SSSR count). The predicted octanol–water partition coefficient (Wildman–Crippen LogP) is 0.732. The highest BCUT2D eigenvalue weighted by atomic mass is 16.4. The van der Waals surface area contributed by atoms with Crippen LogP contribution in [0, 0.1) is 0 Å². The average Bonchev–Trinajstić information content (AvgIpc) is 2.07. The second-order valence-corrected chi connectivity index (χ2v) is 3.46. The van der Waals surface area contributed by atoms with E-state index in [-0.39, 0.29) is 0 Å². The highest BCUT2D eigenvalue weighted by Crippen LogP contribution is 2.17. The van der Waals surface area contributed by atoms with E-state index in [1.54, 1.807) is 25.2 Å². The summed E-state index contributed by atoms with van der Waals surface area (Å²) in [5.74, 6) is -0.391. The van der Waals surface area contributed by atoms with Gasteiger partial charge in [-0.05, 0) is 12.8 Å². The van der Waals surface area contributed by atoms with Crippen molar-refractivity contribution in [1.82, 2.24) is 9.80 Å². The third kappa shape index (κ3) is 2.25. The van der Waals surface area contributed by atoms with E-state index >= 15 is 0 Å². The molecule has 0 saturated carbocycles. The molecule has 1 heterocycles. The second kappa shape index (κ2) is 4.13. The Labute approximate surface area is 82.6 Å². The molecular weight excluding hydrogens is 184 g/mol. The smallest absolute Gasteiger partial charge is 0.414 e. The van der Waals surface area contributed by atoms with Crippen LogP contribution in [0.25, 0.3) is 0 Å². The SMILES string of the molecule is CN(C)/C=C1\CCCN(C(=O)O)C1=O. The summed E-state index contributed by atoms with van der Waals surface area (Å²) in [7, 11) is 3.61. The van der Waals surface area contributed by atoms with Crippen LogP contribution in [0.5, 0.6) is 0 Å². The zero-order valence-electron chi connectivity index (χ0n) is 8.36. The highest BCUT2D eigenvalue weighted by molar-refractivity contribution is 6.02. The van der Waals surface area contributed by atoms with Gasteiger partial charge in [0.1, 0.15) is 0 Å². The van der Waals surface area contributed by atoms with Gasteiger partial charge in [0, 0.05) is 32.4 Å². The first kappa shape index (κ1) is 10.6. The second-order valence-electron chi connectivity index (χ2n) is 3.46. The summed E-state index contributed by atoms with van der Waals surface area (Å²) in [6, 6.07) is 0. The zero-order valence-corrected chi connectivity index (χ0v) is 8.36. The van der Waals surface area contributed by atoms with Gasteiger partial charge in [0.05, 0.1) is 0 Å². The fourth-order valence-corrected chi connectivity index (χ4v) is 1.42. The Morgan fingerprint density at radius 2 is 2.21 bits per heavy atom. The Hall–Kier alpha value is -1.52. The first-order valence-corrected chi connectivity index (χ1v) is 4.44. The number of rotatable bonds is 1. The first-order chi connectivity index (χ1) is 6.52. The molecule has 78 valence electrons. The topological polar surface area (TPSA) is 60.9 Å². The number of hydrogen-bond donors (Lipinski definition) is 1. The van der Waals surface area contributed by atoms with Crippen LogP contribution in [0.3, 0.4) is 0 Å². The summed E-state index contributed by atoms with van der Waals surface area (Å²) in [4.78, 5) is 24.8. The summed E-state index contributed by atoms with van der Waals surface area (Å²) in [5.41, 5.74) is 0.559. The number of piperidine rings is 1. The van der Waals surface area contributed by atoms with E-state index < -0.39 is 12.0 Å². The Bertz CT molecular complexity index is 284. The van der Waals surface area contributed by atoms with Gasteiger partial charge in [-0.1, -0.05) is 0 Å². The van der Waals surface area contributed by atoms with Crippen LogP contribution in [0.2, 0.25) is 0 Å². The van der Waals surface area contributed by atoms with Crippen molar-refractivity contribution in [2.75, 3.05) is 20.6 Å². The van der Waals surface area contributed by atoms with Crippen LogP contribution in [-0.2, 0) is 4.79 Å². The molecule has 0 aromatic carbocycles. The summed E-state index contributed by atoms with van der Waals surface area (Å²) in [5, 5.41) is 8.72. The van der Waals surface area contributed by atoms with Crippen LogP contribution in [0.4, 0.5) is 4.79 Å². The standard InChI is InChI=1S/C9H14N2O3/c1-10(2)6-7-4-3-5-11(8(7)12)9(13)14/h6H,3-5H2,1-2H3,(H,13,14)/b7-6+. The van der Waals surface area contributed by atoms with E-state index in [2.05, 4.69) is 0 Å². The van der Waals surface area contributed by atoms with E-state index in [1.807, 2.05) is 0 Å². The number of carbonyl (C=O) groups is 2. The normalized spacial score (nSPS) is 20.0. The van der Waals surface area contributed by atoms with E-state index in [0.29, 0.717) is 25.0 Å². The lowest BCUT2D eigenvalue weighted by molar-refractivity contribution is -0.126. The zero-order chi connectivity index (χ0) is 10.7. The van der Waals surface area contributed by atoms with Crippen LogP contribution in [0.15, 0.2) is 11.8 Å². The number of imide groups is 1. The maximum Gasteiger partial charge on any atom is 0.414 e. The van der Waals surface area contributed by atoms with Crippen molar-refractivity contribution in [2.45, 2.75) is 12.8 Å². The Kier molecular flexibility index (Phi) is 3.11. The van der Waals surface area contributed by atoms with E-state index in [9.17, 15) is 9.59 Å². The molecule has 1 fully saturated rings. The Morgan fingerprint density at radius 3 is 2.71 bits per heavy atom. The Balaban J connectivity index is 2.81. The highest BCUT2D eigenvalue weighted by Gasteiger charge is 2.27. The van der Waals surface area contributed by atoms with E-state index in [4.69, 9.17) is 5.11 Å². The third-order valence-corrected chi connectivity index (χ3v) is 1.99. The fourth-order valence-electron chi connectivity index (χ4n) is 1.42. The number of carboxylic acid groups (broad SMARTS) is 1. The molecule has 5 nitrogen and oxygen atoms in total. The molecule has 5 heteroatoms. The molecule has 0 unspecified atom stereocenters. The van der Waals surface area contributed by atoms with Crippen molar-refractivity contribution in [3.05, 3.63) is 11.8 Å². The van der Waals surface area contributed by atoms with Crippen molar-refractivity contribution < 1.29 is 14.7 Å². The van der Waals surface area contributed by atoms with Gasteiger partial charge in [-0.15, -0.1) is 0 Å². The van der Waals surface area contributed by atoms with Gasteiger partial charge in [0.2, 0.25) is 0 Å². The molecule has 0 aliphatic carbocycles. The number of hydrogen-bond acceptors (Lipinski definition) is 3. The molecule has 0 atom stereocenters. The summed E-state index contributed by atoms with van der Waals surface area (Å²) in [6.45, 7) is 0.304. The van der Waals surface area contributed by atoms with Gasteiger partial charge in [0.15, 0.2) is 0 Å². The van der Waals surface area contributed by atoms with Crippen LogP contribution in [-0.4, -0.2) is 47.5 Å². The van der Waals surface area contributed by atoms with Crippen LogP contribution >= 0.6 is 0 Å². The van der Waals surface area contributed by atoms with E-state index in [1.165, 1.54) is 0 Å². The minimum absolute atomic E-state index is 0.304. The molecule has 0 aromatic rings. The summed E-state index contributed by atoms with van der Waals surface area (Å²) < 4.78 is 0. The van der Waals surface area contributed by atoms with Crippen LogP contribution in [0.1, 0.15) is 12.8 Å². The lowest BCUT2D eigenvalue weighted by atomic mass is 10.1. The average molecular weight is 198 g/mol. The van der Waals surface area contributed by atoms with Gasteiger partial charge in [-0.25, -0.2) is 9.69 Å². The maximum atomic E-state index is 11.6. The fraction of sp³-hybridized carbons (Fsp3) is 0.556. The van der Waals surface area contributed by atoms with Gasteiger partial charge < -0.3 is 10.0 Å². The van der Waals surface area contributed by atoms with Gasteiger partial charge in [0.25, 0.3) is 5.91 Å². The summed E-state index contributed by atoms with van der Waals surface area (Å²) >= 11 is 0. The largest absolute Gasteiger partial charge is 0.465 e. The maximum absolute atomic E-state index is 11.6. The molecule has 1 aliphatic heterocycles. The lowest BCUT2D eigenvalue weighted by Gasteiger charge is -2.24. The molecule has 0 spiro atoms. The molecule has 0 radical (unpaired) electrons. The molecule has 14 heavy (non-hydrogen) atoms. The molecule has 0 aromatic heterocycles. The minimum atomic E-state index is -1.17. The number of amides is 2. The molecule has 2 amide bonds. The predicted molar refractivity (Wildman–Crippen MR) is 50.7 cm³/mol. The van der Waals surface area contributed by atoms with Crippen molar-refractivity contribution in [2.24, 2.45) is 0 Å². The number of nitrogens with zero attached hydrogens (tertiary/aromatic N) is 2. The minimum Gasteiger partial charge on any atom is -0.465 e. The third-order valence-electron chi connectivity index (χ3n) is 1.99. The van der Waals surface area contributed by atoms with Gasteiger partial charge in [-0.3, -0.25) is 4.79 Å². The number of carbonyl (C=O) groups excluding carboxylic acids is 1. The molecule has 0 bridgehead atoms. The lowest BCUT2D eigenvalue weighted by Crippen LogP contribution is -2.40. The molecule has 1 N–H and O–H groups in total. The van der Waals surface area contributed by atoms with Crippen molar-refractivity contribution >= 4 is 12.0 Å². The van der Waals surface area contributed by atoms with Crippen LogP contribution < -0.4 is 0 Å².